The van der Waals surface area contributed by atoms with Crippen LogP contribution in [0.3, 0.4) is 0 Å². The molecule has 6 heteroatoms. The van der Waals surface area contributed by atoms with Gasteiger partial charge in [-0.1, -0.05) is 55.8 Å². The summed E-state index contributed by atoms with van der Waals surface area (Å²) in [7, 11) is 0. The highest BCUT2D eigenvalue weighted by Crippen LogP contribution is 2.30. The molecule has 0 fully saturated rings. The number of benzene rings is 2. The molecule has 6 nitrogen and oxygen atoms in total. The molecule has 0 spiro atoms. The number of urea groups is 1. The third-order valence-electron chi connectivity index (χ3n) is 5.15. The fourth-order valence-corrected chi connectivity index (χ4v) is 3.70. The van der Waals surface area contributed by atoms with Gasteiger partial charge in [0.2, 0.25) is 0 Å². The van der Waals surface area contributed by atoms with Crippen molar-refractivity contribution in [1.29, 1.82) is 0 Å². The van der Waals surface area contributed by atoms with Gasteiger partial charge in [0.1, 0.15) is 5.75 Å². The molecule has 170 valence electrons. The first-order valence-electron chi connectivity index (χ1n) is 11.3. The molecule has 2 aromatic rings. The second kappa shape index (κ2) is 11.4. The summed E-state index contributed by atoms with van der Waals surface area (Å²) < 4.78 is 11.3. The highest BCUT2D eigenvalue weighted by atomic mass is 16.5. The van der Waals surface area contributed by atoms with E-state index in [0.717, 1.165) is 30.6 Å². The van der Waals surface area contributed by atoms with Crippen LogP contribution in [0.1, 0.15) is 57.2 Å². The van der Waals surface area contributed by atoms with Gasteiger partial charge in [0, 0.05) is 5.70 Å². The van der Waals surface area contributed by atoms with Crippen LogP contribution in [0.25, 0.3) is 0 Å². The second-order valence-corrected chi connectivity index (χ2v) is 8.13. The first kappa shape index (κ1) is 23.4. The van der Waals surface area contributed by atoms with E-state index in [4.69, 9.17) is 9.47 Å². The Morgan fingerprint density at radius 3 is 2.41 bits per heavy atom. The molecule has 2 aromatic carbocycles. The molecule has 0 radical (unpaired) electrons. The van der Waals surface area contributed by atoms with Crippen LogP contribution in [0.5, 0.6) is 5.75 Å². The molecule has 0 bridgehead atoms. The molecule has 1 unspecified atom stereocenters. The van der Waals surface area contributed by atoms with E-state index in [0.29, 0.717) is 24.3 Å². The monoisotopic (exact) mass is 436 g/mol. The van der Waals surface area contributed by atoms with E-state index in [9.17, 15) is 9.59 Å². The second-order valence-electron chi connectivity index (χ2n) is 8.13. The highest BCUT2D eigenvalue weighted by Gasteiger charge is 2.33. The van der Waals surface area contributed by atoms with Crippen molar-refractivity contribution in [2.24, 2.45) is 0 Å². The summed E-state index contributed by atoms with van der Waals surface area (Å²) >= 11 is 0. The van der Waals surface area contributed by atoms with E-state index < -0.39 is 12.0 Å². The molecule has 1 heterocycles. The number of hydrogen-bond acceptors (Lipinski definition) is 4. The number of carbonyl (C=O) groups is 2. The van der Waals surface area contributed by atoms with Crippen molar-refractivity contribution in [3.63, 3.8) is 0 Å². The zero-order valence-electron chi connectivity index (χ0n) is 19.0. The molecular formula is C26H32N2O4. The average molecular weight is 437 g/mol. The summed E-state index contributed by atoms with van der Waals surface area (Å²) in [5.41, 5.74) is 3.18. The van der Waals surface area contributed by atoms with E-state index in [1.54, 1.807) is 0 Å². The van der Waals surface area contributed by atoms with Crippen LogP contribution in [0.4, 0.5) is 4.79 Å². The Morgan fingerprint density at radius 2 is 1.75 bits per heavy atom. The molecule has 1 aliphatic heterocycles. The number of hydrogen-bond donors (Lipinski definition) is 2. The first-order valence-corrected chi connectivity index (χ1v) is 11.3. The summed E-state index contributed by atoms with van der Waals surface area (Å²) in [6.45, 7) is 6.24. The highest BCUT2D eigenvalue weighted by molar-refractivity contribution is 5.95. The van der Waals surface area contributed by atoms with Gasteiger partial charge in [-0.2, -0.15) is 0 Å². The standard InChI is InChI=1S/C26H32N2O4/c1-4-9-22-23(25(29)32-18(2)3)24(28-26(30)27-22)20-13-15-21(16-14-20)31-17-8-12-19-10-6-5-7-11-19/h5-7,10-11,13-16,18,24H,4,8-9,12,17H2,1-3H3,(H2,27,28,30). The summed E-state index contributed by atoms with van der Waals surface area (Å²) in [5, 5.41) is 5.65. The Kier molecular flexibility index (Phi) is 8.31. The smallest absolute Gasteiger partial charge is 0.338 e. The van der Waals surface area contributed by atoms with Crippen LogP contribution >= 0.6 is 0 Å². The Hall–Kier alpha value is -3.28. The van der Waals surface area contributed by atoms with Gasteiger partial charge in [0.05, 0.1) is 24.3 Å². The molecule has 0 aliphatic carbocycles. The van der Waals surface area contributed by atoms with Crippen molar-refractivity contribution in [2.75, 3.05) is 6.61 Å². The van der Waals surface area contributed by atoms with Crippen molar-refractivity contribution >= 4 is 12.0 Å². The minimum absolute atomic E-state index is 0.247. The van der Waals surface area contributed by atoms with Gasteiger partial charge in [-0.05, 0) is 56.4 Å². The predicted octanol–water partition coefficient (Wildman–Crippen LogP) is 5.06. The van der Waals surface area contributed by atoms with Crippen LogP contribution in [-0.2, 0) is 16.0 Å². The van der Waals surface area contributed by atoms with Crippen molar-refractivity contribution < 1.29 is 19.1 Å². The van der Waals surface area contributed by atoms with E-state index >= 15 is 0 Å². The maximum atomic E-state index is 12.8. The number of allylic oxidation sites excluding steroid dienone is 1. The van der Waals surface area contributed by atoms with Gasteiger partial charge >= 0.3 is 12.0 Å². The van der Waals surface area contributed by atoms with Crippen LogP contribution in [0, 0.1) is 0 Å². The molecule has 3 rings (SSSR count). The lowest BCUT2D eigenvalue weighted by Crippen LogP contribution is -2.46. The molecule has 1 aliphatic rings. The molecule has 32 heavy (non-hydrogen) atoms. The lowest BCUT2D eigenvalue weighted by molar-refractivity contribution is -0.143. The molecule has 0 saturated carbocycles. The molecule has 1 atom stereocenters. The van der Waals surface area contributed by atoms with Crippen LogP contribution in [-0.4, -0.2) is 24.7 Å². The summed E-state index contributed by atoms with van der Waals surface area (Å²) in [6, 6.07) is 17.0. The van der Waals surface area contributed by atoms with Crippen molar-refractivity contribution in [2.45, 2.75) is 58.6 Å². The molecular weight excluding hydrogens is 404 g/mol. The van der Waals surface area contributed by atoms with E-state index in [1.165, 1.54) is 5.56 Å². The number of rotatable bonds is 10. The minimum atomic E-state index is -0.566. The maximum absolute atomic E-state index is 12.8. The van der Waals surface area contributed by atoms with Crippen LogP contribution in [0.2, 0.25) is 0 Å². The summed E-state index contributed by atoms with van der Waals surface area (Å²) in [5.74, 6) is 0.341. The average Bonchev–Trinajstić information content (AvgIpc) is 2.77. The summed E-state index contributed by atoms with van der Waals surface area (Å²) in [4.78, 5) is 25.1. The molecule has 0 saturated heterocycles. The Morgan fingerprint density at radius 1 is 1.03 bits per heavy atom. The Balaban J connectivity index is 1.69. The lowest BCUT2D eigenvalue weighted by Gasteiger charge is -2.30. The SMILES string of the molecule is CCCC1=C(C(=O)OC(C)C)C(c2ccc(OCCCc3ccccc3)cc2)NC(=O)N1. The largest absolute Gasteiger partial charge is 0.494 e. The Labute approximate surface area is 190 Å². The third kappa shape index (κ3) is 6.36. The minimum Gasteiger partial charge on any atom is -0.494 e. The number of amides is 2. The van der Waals surface area contributed by atoms with E-state index in [-0.39, 0.29) is 12.1 Å². The van der Waals surface area contributed by atoms with Crippen LogP contribution < -0.4 is 15.4 Å². The molecule has 2 N–H and O–H groups in total. The predicted molar refractivity (Wildman–Crippen MR) is 124 cm³/mol. The van der Waals surface area contributed by atoms with Crippen molar-refractivity contribution in [1.82, 2.24) is 10.6 Å². The van der Waals surface area contributed by atoms with Gasteiger partial charge in [-0.3, -0.25) is 0 Å². The zero-order valence-corrected chi connectivity index (χ0v) is 19.0. The normalized spacial score (nSPS) is 15.9. The lowest BCUT2D eigenvalue weighted by atomic mass is 9.93. The Bertz CT molecular complexity index is 936. The first-order chi connectivity index (χ1) is 15.5. The number of nitrogens with one attached hydrogen (secondary N) is 2. The molecule has 2 amide bonds. The number of esters is 1. The fourth-order valence-electron chi connectivity index (χ4n) is 3.70. The zero-order chi connectivity index (χ0) is 22.9. The van der Waals surface area contributed by atoms with Crippen LogP contribution in [0.15, 0.2) is 65.9 Å². The number of carbonyl (C=O) groups excluding carboxylic acids is 2. The van der Waals surface area contributed by atoms with Gasteiger partial charge in [0.15, 0.2) is 0 Å². The number of ether oxygens (including phenoxy) is 2. The van der Waals surface area contributed by atoms with E-state index in [1.807, 2.05) is 63.2 Å². The van der Waals surface area contributed by atoms with Gasteiger partial charge in [-0.25, -0.2) is 9.59 Å². The van der Waals surface area contributed by atoms with Gasteiger partial charge < -0.3 is 20.1 Å². The topological polar surface area (TPSA) is 76.7 Å². The quantitative estimate of drug-likeness (QED) is 0.403. The summed E-state index contributed by atoms with van der Waals surface area (Å²) in [6.07, 6.45) is 3.03. The van der Waals surface area contributed by atoms with E-state index in [2.05, 4.69) is 22.8 Å². The van der Waals surface area contributed by atoms with Crippen molar-refractivity contribution in [3.05, 3.63) is 77.0 Å². The van der Waals surface area contributed by atoms with Gasteiger partial charge in [-0.15, -0.1) is 0 Å². The molecule has 0 aromatic heterocycles. The number of aryl methyl sites for hydroxylation is 1. The maximum Gasteiger partial charge on any atom is 0.338 e. The van der Waals surface area contributed by atoms with Gasteiger partial charge in [0.25, 0.3) is 0 Å². The fraction of sp³-hybridized carbons (Fsp3) is 0.385. The van der Waals surface area contributed by atoms with Crippen molar-refractivity contribution in [3.8, 4) is 5.75 Å². The third-order valence-corrected chi connectivity index (χ3v) is 5.15.